The molecule has 2 aromatic carbocycles. The minimum absolute atomic E-state index is 1.16. The molecule has 0 spiro atoms. The molecule has 2 aromatic rings. The van der Waals surface area contributed by atoms with Crippen molar-refractivity contribution in [2.75, 3.05) is 0 Å². The van der Waals surface area contributed by atoms with Crippen molar-refractivity contribution in [2.45, 2.75) is 40.0 Å². The summed E-state index contributed by atoms with van der Waals surface area (Å²) in [4.78, 5) is 0. The zero-order valence-corrected chi connectivity index (χ0v) is 15.3. The number of aryl methyl sites for hydroxylation is 1. The van der Waals surface area contributed by atoms with Crippen LogP contribution in [-0.2, 0) is 0 Å². The van der Waals surface area contributed by atoms with E-state index in [1.54, 1.807) is 0 Å². The summed E-state index contributed by atoms with van der Waals surface area (Å²) in [6.45, 7) is 6.54. The predicted molar refractivity (Wildman–Crippen MR) is 103 cm³/mol. The molecule has 0 aromatic heterocycles. The van der Waals surface area contributed by atoms with E-state index in [-0.39, 0.29) is 0 Å². The van der Waals surface area contributed by atoms with Crippen LogP contribution in [0.3, 0.4) is 0 Å². The van der Waals surface area contributed by atoms with Gasteiger partial charge >= 0.3 is 0 Å². The van der Waals surface area contributed by atoms with Crippen LogP contribution in [0.4, 0.5) is 0 Å². The molecule has 110 valence electrons. The van der Waals surface area contributed by atoms with Crippen molar-refractivity contribution in [1.82, 2.24) is 0 Å². The first kappa shape index (κ1) is 16.3. The molecule has 21 heavy (non-hydrogen) atoms. The Balaban J connectivity index is 2.49. The van der Waals surface area contributed by atoms with Gasteiger partial charge in [-0.25, -0.2) is 0 Å². The molecule has 0 N–H and O–H groups in total. The lowest BCUT2D eigenvalue weighted by molar-refractivity contribution is 0.824. The molecule has 0 aliphatic carbocycles. The highest BCUT2D eigenvalue weighted by molar-refractivity contribution is 14.1. The molecule has 0 bridgehead atoms. The Morgan fingerprint density at radius 1 is 1.10 bits per heavy atom. The van der Waals surface area contributed by atoms with E-state index in [9.17, 15) is 0 Å². The van der Waals surface area contributed by atoms with E-state index in [1.165, 1.54) is 44.2 Å². The predicted octanol–water partition coefficient (Wildman–Crippen LogP) is 6.86. The molecule has 0 atom stereocenters. The summed E-state index contributed by atoms with van der Waals surface area (Å²) in [6.07, 6.45) is 5.92. The maximum atomic E-state index is 2.40. The Morgan fingerprint density at radius 2 is 1.81 bits per heavy atom. The first-order valence-electron chi connectivity index (χ1n) is 7.68. The van der Waals surface area contributed by atoms with Crippen molar-refractivity contribution >= 4 is 28.2 Å². The van der Waals surface area contributed by atoms with Gasteiger partial charge in [0.25, 0.3) is 0 Å². The highest BCUT2D eigenvalue weighted by Crippen LogP contribution is 2.33. The van der Waals surface area contributed by atoms with E-state index >= 15 is 0 Å². The van der Waals surface area contributed by atoms with Crippen LogP contribution < -0.4 is 0 Å². The molecule has 0 amide bonds. The Labute approximate surface area is 142 Å². The van der Waals surface area contributed by atoms with E-state index in [0.29, 0.717) is 0 Å². The topological polar surface area (TPSA) is 0 Å². The van der Waals surface area contributed by atoms with Crippen LogP contribution in [0.2, 0.25) is 0 Å². The molecule has 0 aliphatic heterocycles. The first-order chi connectivity index (χ1) is 10.2. The van der Waals surface area contributed by atoms with Gasteiger partial charge in [-0.2, -0.15) is 0 Å². The summed E-state index contributed by atoms with van der Waals surface area (Å²) in [5, 5.41) is 0. The smallest absolute Gasteiger partial charge is 0.0136 e. The van der Waals surface area contributed by atoms with Gasteiger partial charge in [-0.15, -0.1) is 0 Å². The largest absolute Gasteiger partial charge is 0.0838 e. The third-order valence-corrected chi connectivity index (χ3v) is 4.51. The fourth-order valence-electron chi connectivity index (χ4n) is 2.57. The van der Waals surface area contributed by atoms with Gasteiger partial charge in [-0.3, -0.25) is 0 Å². The summed E-state index contributed by atoms with van der Waals surface area (Å²) in [5.41, 5.74) is 6.82. The monoisotopic (exact) mass is 390 g/mol. The molecular formula is C20H23I. The minimum Gasteiger partial charge on any atom is -0.0838 e. The van der Waals surface area contributed by atoms with Gasteiger partial charge in [0.1, 0.15) is 0 Å². The summed E-state index contributed by atoms with van der Waals surface area (Å²) < 4.78 is 1.29. The molecule has 0 heterocycles. The lowest BCUT2D eigenvalue weighted by Gasteiger charge is -2.14. The molecule has 0 nitrogen and oxygen atoms in total. The molecule has 1 heteroatoms. The molecule has 0 saturated heterocycles. The van der Waals surface area contributed by atoms with E-state index in [1.807, 2.05) is 0 Å². The maximum absolute atomic E-state index is 2.40. The van der Waals surface area contributed by atoms with Gasteiger partial charge < -0.3 is 0 Å². The zero-order chi connectivity index (χ0) is 15.2. The van der Waals surface area contributed by atoms with Crippen molar-refractivity contribution < 1.29 is 0 Å². The Kier molecular flexibility index (Phi) is 6.04. The number of allylic oxidation sites excluding steroid dienone is 2. The van der Waals surface area contributed by atoms with Crippen molar-refractivity contribution in [2.24, 2.45) is 0 Å². The standard InChI is InChI=1S/C20H23I/c1-4-6-7-16(5-2)19-13-12-18(21)14-20(19)17-10-8-15(3)9-11-17/h5,8-14H,4,6-7H2,1-3H3/b16-5+. The van der Waals surface area contributed by atoms with Gasteiger partial charge in [0.05, 0.1) is 0 Å². The number of unbranched alkanes of at least 4 members (excludes halogenated alkanes) is 1. The second-order valence-corrected chi connectivity index (χ2v) is 6.72. The van der Waals surface area contributed by atoms with Crippen LogP contribution in [0.25, 0.3) is 16.7 Å². The average Bonchev–Trinajstić information content (AvgIpc) is 2.50. The quantitative estimate of drug-likeness (QED) is 0.489. The zero-order valence-electron chi connectivity index (χ0n) is 13.1. The number of hydrogen-bond donors (Lipinski definition) is 0. The van der Waals surface area contributed by atoms with E-state index in [4.69, 9.17) is 0 Å². The number of rotatable bonds is 5. The Morgan fingerprint density at radius 3 is 2.43 bits per heavy atom. The summed E-state index contributed by atoms with van der Waals surface area (Å²) >= 11 is 2.40. The van der Waals surface area contributed by atoms with Gasteiger partial charge in [0.15, 0.2) is 0 Å². The summed E-state index contributed by atoms with van der Waals surface area (Å²) in [5.74, 6) is 0. The molecule has 0 fully saturated rings. The van der Waals surface area contributed by atoms with E-state index in [0.717, 1.165) is 6.42 Å². The second kappa shape index (κ2) is 7.79. The fourth-order valence-corrected chi connectivity index (χ4v) is 3.06. The lowest BCUT2D eigenvalue weighted by atomic mass is 9.91. The number of hydrogen-bond acceptors (Lipinski definition) is 0. The van der Waals surface area contributed by atoms with Crippen molar-refractivity contribution in [3.05, 3.63) is 63.2 Å². The van der Waals surface area contributed by atoms with Gasteiger partial charge in [-0.05, 0) is 83.7 Å². The van der Waals surface area contributed by atoms with Crippen LogP contribution in [0, 0.1) is 10.5 Å². The molecular weight excluding hydrogens is 367 g/mol. The number of benzene rings is 2. The van der Waals surface area contributed by atoms with Crippen molar-refractivity contribution in [3.8, 4) is 11.1 Å². The van der Waals surface area contributed by atoms with Crippen molar-refractivity contribution in [3.63, 3.8) is 0 Å². The third-order valence-electron chi connectivity index (χ3n) is 3.84. The summed E-state index contributed by atoms with van der Waals surface area (Å²) in [7, 11) is 0. The lowest BCUT2D eigenvalue weighted by Crippen LogP contribution is -1.92. The molecule has 0 aliphatic rings. The minimum atomic E-state index is 1.16. The number of halogens is 1. The second-order valence-electron chi connectivity index (χ2n) is 5.47. The highest BCUT2D eigenvalue weighted by Gasteiger charge is 2.09. The molecule has 0 unspecified atom stereocenters. The van der Waals surface area contributed by atoms with Crippen LogP contribution in [0.5, 0.6) is 0 Å². The average molecular weight is 390 g/mol. The fraction of sp³-hybridized carbons (Fsp3) is 0.300. The van der Waals surface area contributed by atoms with Gasteiger partial charge in [0, 0.05) is 3.57 Å². The maximum Gasteiger partial charge on any atom is 0.0136 e. The van der Waals surface area contributed by atoms with Crippen molar-refractivity contribution in [1.29, 1.82) is 0 Å². The Bertz CT molecular complexity index is 621. The normalized spacial score (nSPS) is 11.7. The highest BCUT2D eigenvalue weighted by atomic mass is 127. The molecule has 0 saturated carbocycles. The van der Waals surface area contributed by atoms with Crippen LogP contribution in [0.1, 0.15) is 44.2 Å². The van der Waals surface area contributed by atoms with E-state index in [2.05, 4.69) is 91.9 Å². The first-order valence-corrected chi connectivity index (χ1v) is 8.75. The molecule has 2 rings (SSSR count). The van der Waals surface area contributed by atoms with E-state index < -0.39 is 0 Å². The van der Waals surface area contributed by atoms with Crippen LogP contribution in [-0.4, -0.2) is 0 Å². The van der Waals surface area contributed by atoms with Crippen LogP contribution in [0.15, 0.2) is 48.5 Å². The van der Waals surface area contributed by atoms with Gasteiger partial charge in [-0.1, -0.05) is 55.3 Å². The van der Waals surface area contributed by atoms with Crippen LogP contribution >= 0.6 is 22.6 Å². The summed E-state index contributed by atoms with van der Waals surface area (Å²) in [6, 6.07) is 15.6. The third kappa shape index (κ3) is 4.19. The SMILES string of the molecule is C/C=C(\CCCC)c1ccc(I)cc1-c1ccc(C)cc1. The molecule has 0 radical (unpaired) electrons. The Hall–Kier alpha value is -1.09. The van der Waals surface area contributed by atoms with Gasteiger partial charge in [0.2, 0.25) is 0 Å².